The van der Waals surface area contributed by atoms with Crippen LogP contribution < -0.4 is 5.32 Å². The van der Waals surface area contributed by atoms with Crippen LogP contribution in [0.25, 0.3) is 0 Å². The molecule has 1 aromatic heterocycles. The Hall–Kier alpha value is -1.15. The lowest BCUT2D eigenvalue weighted by molar-refractivity contribution is 0.515. The molecule has 1 N–H and O–H groups in total. The lowest BCUT2D eigenvalue weighted by Crippen LogP contribution is -2.32. The van der Waals surface area contributed by atoms with Gasteiger partial charge in [0.05, 0.1) is 0 Å². The van der Waals surface area contributed by atoms with Gasteiger partial charge in [-0.3, -0.25) is 4.98 Å². The fraction of sp³-hybridized carbons (Fsp3) is 0.562. The van der Waals surface area contributed by atoms with E-state index in [1.54, 1.807) is 5.57 Å². The van der Waals surface area contributed by atoms with Crippen LogP contribution >= 0.6 is 0 Å². The van der Waals surface area contributed by atoms with Crippen molar-refractivity contribution >= 4 is 0 Å². The minimum Gasteiger partial charge on any atom is -0.311 e. The first-order valence-corrected chi connectivity index (χ1v) is 7.21. The molecule has 0 spiro atoms. The van der Waals surface area contributed by atoms with Crippen LogP contribution in [0.3, 0.4) is 0 Å². The van der Waals surface area contributed by atoms with Crippen LogP contribution in [0.15, 0.2) is 36.2 Å². The molecule has 18 heavy (non-hydrogen) atoms. The highest BCUT2D eigenvalue weighted by atomic mass is 14.9. The lowest BCUT2D eigenvalue weighted by atomic mass is 9.90. The van der Waals surface area contributed by atoms with Crippen molar-refractivity contribution in [2.75, 3.05) is 6.54 Å². The third-order valence-corrected chi connectivity index (χ3v) is 3.67. The molecule has 2 rings (SSSR count). The highest BCUT2D eigenvalue weighted by Crippen LogP contribution is 2.22. The maximum atomic E-state index is 4.19. The van der Waals surface area contributed by atoms with Gasteiger partial charge in [-0.05, 0) is 56.7 Å². The fourth-order valence-electron chi connectivity index (χ4n) is 2.70. The molecule has 0 fully saturated rings. The van der Waals surface area contributed by atoms with E-state index in [1.165, 1.54) is 37.7 Å². The number of aryl methyl sites for hydroxylation is 1. The summed E-state index contributed by atoms with van der Waals surface area (Å²) in [5, 5.41) is 3.63. The van der Waals surface area contributed by atoms with Crippen molar-refractivity contribution in [3.63, 3.8) is 0 Å². The molecule has 2 nitrogen and oxygen atoms in total. The number of rotatable bonds is 6. The minimum absolute atomic E-state index is 0.565. The maximum absolute atomic E-state index is 4.19. The van der Waals surface area contributed by atoms with E-state index in [4.69, 9.17) is 0 Å². The molecule has 0 aliphatic heterocycles. The van der Waals surface area contributed by atoms with E-state index in [0.29, 0.717) is 6.04 Å². The summed E-state index contributed by atoms with van der Waals surface area (Å²) in [7, 11) is 0. The average Bonchev–Trinajstić information content (AvgIpc) is 2.45. The highest BCUT2D eigenvalue weighted by molar-refractivity contribution is 5.15. The molecule has 0 aromatic carbocycles. The van der Waals surface area contributed by atoms with Gasteiger partial charge in [-0.2, -0.15) is 0 Å². The number of nitrogens with zero attached hydrogens (tertiary/aromatic N) is 1. The topological polar surface area (TPSA) is 24.9 Å². The summed E-state index contributed by atoms with van der Waals surface area (Å²) in [5.41, 5.74) is 2.98. The fourth-order valence-corrected chi connectivity index (χ4v) is 2.70. The van der Waals surface area contributed by atoms with Gasteiger partial charge in [-0.15, -0.1) is 0 Å². The first-order valence-electron chi connectivity index (χ1n) is 7.21. The largest absolute Gasteiger partial charge is 0.311 e. The number of nitrogens with one attached hydrogen (secondary N) is 1. The van der Waals surface area contributed by atoms with Crippen molar-refractivity contribution in [3.8, 4) is 0 Å². The maximum Gasteiger partial charge on any atom is 0.0299 e. The van der Waals surface area contributed by atoms with Crippen molar-refractivity contribution in [1.29, 1.82) is 0 Å². The summed E-state index contributed by atoms with van der Waals surface area (Å²) in [4.78, 5) is 4.19. The summed E-state index contributed by atoms with van der Waals surface area (Å²) >= 11 is 0. The Balaban J connectivity index is 1.91. The van der Waals surface area contributed by atoms with Crippen molar-refractivity contribution < 1.29 is 0 Å². The second kappa shape index (κ2) is 7.32. The Morgan fingerprint density at radius 1 is 1.39 bits per heavy atom. The van der Waals surface area contributed by atoms with Crippen LogP contribution in [0.4, 0.5) is 0 Å². The van der Waals surface area contributed by atoms with Gasteiger partial charge < -0.3 is 5.32 Å². The number of allylic oxidation sites excluding steroid dienone is 1. The molecular formula is C16H24N2. The van der Waals surface area contributed by atoms with E-state index in [2.05, 4.69) is 29.4 Å². The van der Waals surface area contributed by atoms with Crippen molar-refractivity contribution in [2.45, 2.75) is 51.5 Å². The predicted molar refractivity (Wildman–Crippen MR) is 76.6 cm³/mol. The number of hydrogen-bond donors (Lipinski definition) is 1. The van der Waals surface area contributed by atoms with Crippen LogP contribution in [0.2, 0.25) is 0 Å². The molecule has 0 radical (unpaired) electrons. The molecule has 1 heterocycles. The van der Waals surface area contributed by atoms with Crippen LogP contribution in [-0.4, -0.2) is 17.6 Å². The summed E-state index contributed by atoms with van der Waals surface area (Å²) < 4.78 is 0. The summed E-state index contributed by atoms with van der Waals surface area (Å²) in [6, 6.07) is 4.76. The van der Waals surface area contributed by atoms with E-state index < -0.39 is 0 Å². The highest BCUT2D eigenvalue weighted by Gasteiger charge is 2.15. The van der Waals surface area contributed by atoms with E-state index in [0.717, 1.165) is 13.0 Å². The van der Waals surface area contributed by atoms with Crippen LogP contribution in [0.1, 0.15) is 44.6 Å². The van der Waals surface area contributed by atoms with Gasteiger partial charge >= 0.3 is 0 Å². The lowest BCUT2D eigenvalue weighted by Gasteiger charge is -2.24. The molecule has 2 heteroatoms. The molecule has 1 aliphatic carbocycles. The molecule has 1 unspecified atom stereocenters. The molecule has 0 bridgehead atoms. The van der Waals surface area contributed by atoms with Gasteiger partial charge in [0, 0.05) is 18.4 Å². The van der Waals surface area contributed by atoms with E-state index >= 15 is 0 Å². The Kier molecular flexibility index (Phi) is 5.40. The predicted octanol–water partition coefficient (Wildman–Crippen LogP) is 3.49. The van der Waals surface area contributed by atoms with Crippen LogP contribution in [-0.2, 0) is 6.42 Å². The number of pyridine rings is 1. The summed E-state index contributed by atoms with van der Waals surface area (Å²) in [6.45, 7) is 3.25. The second-order valence-electron chi connectivity index (χ2n) is 5.04. The van der Waals surface area contributed by atoms with Crippen molar-refractivity contribution in [1.82, 2.24) is 10.3 Å². The Labute approximate surface area is 111 Å². The molecule has 0 amide bonds. The number of aromatic nitrogens is 1. The molecule has 98 valence electrons. The van der Waals surface area contributed by atoms with Gasteiger partial charge in [0.1, 0.15) is 0 Å². The van der Waals surface area contributed by atoms with Crippen molar-refractivity contribution in [3.05, 3.63) is 41.7 Å². The first-order chi connectivity index (χ1) is 8.90. The monoisotopic (exact) mass is 244 g/mol. The van der Waals surface area contributed by atoms with E-state index in [9.17, 15) is 0 Å². The molecule has 1 aliphatic rings. The zero-order valence-electron chi connectivity index (χ0n) is 11.4. The molecule has 1 atom stereocenters. The van der Waals surface area contributed by atoms with Gasteiger partial charge in [-0.25, -0.2) is 0 Å². The number of hydrogen-bond acceptors (Lipinski definition) is 2. The van der Waals surface area contributed by atoms with E-state index in [-0.39, 0.29) is 0 Å². The van der Waals surface area contributed by atoms with Gasteiger partial charge in [0.25, 0.3) is 0 Å². The SMILES string of the molecule is CCNC(CCc1cccnc1)C1=CCCCC1. The Bertz CT molecular complexity index is 370. The first kappa shape index (κ1) is 13.3. The van der Waals surface area contributed by atoms with Crippen LogP contribution in [0, 0.1) is 0 Å². The zero-order valence-corrected chi connectivity index (χ0v) is 11.4. The van der Waals surface area contributed by atoms with Gasteiger partial charge in [0.2, 0.25) is 0 Å². The minimum atomic E-state index is 0.565. The van der Waals surface area contributed by atoms with E-state index in [1.807, 2.05) is 18.5 Å². The van der Waals surface area contributed by atoms with Gasteiger partial charge in [0.15, 0.2) is 0 Å². The van der Waals surface area contributed by atoms with Crippen LogP contribution in [0.5, 0.6) is 0 Å². The molecule has 0 saturated carbocycles. The Morgan fingerprint density at radius 3 is 3.00 bits per heavy atom. The Morgan fingerprint density at radius 2 is 2.33 bits per heavy atom. The molecule has 0 saturated heterocycles. The summed E-state index contributed by atoms with van der Waals surface area (Å²) in [5.74, 6) is 0. The average molecular weight is 244 g/mol. The second-order valence-corrected chi connectivity index (χ2v) is 5.04. The smallest absolute Gasteiger partial charge is 0.0299 e. The quantitative estimate of drug-likeness (QED) is 0.775. The van der Waals surface area contributed by atoms with Crippen molar-refractivity contribution in [2.24, 2.45) is 0 Å². The normalized spacial score (nSPS) is 17.3. The zero-order chi connectivity index (χ0) is 12.6. The third kappa shape index (κ3) is 3.95. The number of likely N-dealkylation sites (N-methyl/N-ethyl adjacent to an activating group) is 1. The molecular weight excluding hydrogens is 220 g/mol. The standard InChI is InChI=1S/C16H24N2/c1-2-18-16(15-8-4-3-5-9-15)11-10-14-7-6-12-17-13-14/h6-8,12-13,16,18H,2-5,9-11H2,1H3. The molecule has 1 aromatic rings. The van der Waals surface area contributed by atoms with Gasteiger partial charge in [-0.1, -0.05) is 24.6 Å². The third-order valence-electron chi connectivity index (χ3n) is 3.67. The summed E-state index contributed by atoms with van der Waals surface area (Å²) in [6.07, 6.45) is 13.9.